The maximum atomic E-state index is 13.9. The third-order valence-corrected chi connectivity index (χ3v) is 4.83. The van der Waals surface area contributed by atoms with E-state index in [1.165, 1.54) is 6.07 Å². The van der Waals surface area contributed by atoms with Gasteiger partial charge in [-0.05, 0) is 58.1 Å². The third kappa shape index (κ3) is 4.90. The first-order chi connectivity index (χ1) is 12.7. The van der Waals surface area contributed by atoms with E-state index in [1.54, 1.807) is 11.0 Å². The van der Waals surface area contributed by atoms with Crippen LogP contribution in [0.15, 0.2) is 12.1 Å². The van der Waals surface area contributed by atoms with Crippen molar-refractivity contribution in [3.8, 4) is 5.75 Å². The van der Waals surface area contributed by atoms with E-state index in [0.29, 0.717) is 44.2 Å². The largest absolute Gasteiger partial charge is 0.493 e. The van der Waals surface area contributed by atoms with Crippen molar-refractivity contribution in [2.24, 2.45) is 5.92 Å². The molecule has 7 heteroatoms. The second kappa shape index (κ2) is 7.74. The van der Waals surface area contributed by atoms with E-state index in [9.17, 15) is 14.0 Å². The van der Waals surface area contributed by atoms with Crippen LogP contribution in [0.2, 0.25) is 0 Å². The molecule has 0 aromatic heterocycles. The van der Waals surface area contributed by atoms with E-state index >= 15 is 0 Å². The number of hydrogen-bond donors (Lipinski definition) is 1. The van der Waals surface area contributed by atoms with Gasteiger partial charge in [0.15, 0.2) is 0 Å². The van der Waals surface area contributed by atoms with Gasteiger partial charge in [-0.1, -0.05) is 0 Å². The molecule has 3 rings (SSSR count). The predicted octanol–water partition coefficient (Wildman–Crippen LogP) is 3.74. The number of nitrogens with zero attached hydrogens (tertiary/aromatic N) is 1. The van der Waals surface area contributed by atoms with Crippen molar-refractivity contribution in [1.29, 1.82) is 0 Å². The first kappa shape index (κ1) is 19.5. The number of fused-ring (bicyclic) bond motifs is 1. The van der Waals surface area contributed by atoms with E-state index in [2.05, 4.69) is 5.32 Å². The summed E-state index contributed by atoms with van der Waals surface area (Å²) in [6, 6.07) is 2.95. The quantitative estimate of drug-likeness (QED) is 0.870. The minimum Gasteiger partial charge on any atom is -0.493 e. The molecule has 6 nitrogen and oxygen atoms in total. The second-order valence-corrected chi connectivity index (χ2v) is 8.17. The smallest absolute Gasteiger partial charge is 0.410 e. The molecule has 2 heterocycles. The molecular formula is C20H27FN2O4. The lowest BCUT2D eigenvalue weighted by atomic mass is 9.97. The molecule has 0 saturated carbocycles. The summed E-state index contributed by atoms with van der Waals surface area (Å²) < 4.78 is 25.3. The van der Waals surface area contributed by atoms with Crippen LogP contribution in [0.25, 0.3) is 0 Å². The molecule has 1 aromatic carbocycles. The van der Waals surface area contributed by atoms with Crippen LogP contribution in [0, 0.1) is 11.7 Å². The Morgan fingerprint density at radius 3 is 2.63 bits per heavy atom. The van der Waals surface area contributed by atoms with Gasteiger partial charge in [0.05, 0.1) is 12.3 Å². The normalized spacial score (nSPS) is 17.9. The van der Waals surface area contributed by atoms with Gasteiger partial charge in [-0.2, -0.15) is 0 Å². The summed E-state index contributed by atoms with van der Waals surface area (Å²) in [4.78, 5) is 25.4. The summed E-state index contributed by atoms with van der Waals surface area (Å²) >= 11 is 0. The van der Waals surface area contributed by atoms with Crippen molar-refractivity contribution >= 4 is 17.7 Å². The zero-order chi connectivity index (χ0) is 19.6. The van der Waals surface area contributed by atoms with Crippen molar-refractivity contribution in [2.45, 2.75) is 52.1 Å². The third-order valence-electron chi connectivity index (χ3n) is 4.83. The molecule has 0 atom stereocenters. The van der Waals surface area contributed by atoms with E-state index in [0.717, 1.165) is 18.4 Å². The summed E-state index contributed by atoms with van der Waals surface area (Å²) in [5, 5.41) is 2.59. The van der Waals surface area contributed by atoms with Crippen molar-refractivity contribution in [3.63, 3.8) is 0 Å². The molecular weight excluding hydrogens is 351 g/mol. The molecule has 2 aliphatic rings. The zero-order valence-electron chi connectivity index (χ0n) is 16.1. The summed E-state index contributed by atoms with van der Waals surface area (Å²) in [6.45, 7) is 7.36. The summed E-state index contributed by atoms with van der Waals surface area (Å²) in [5.41, 5.74) is 0.470. The summed E-state index contributed by atoms with van der Waals surface area (Å²) in [5.74, 6) is 0.340. The monoisotopic (exact) mass is 378 g/mol. The maximum absolute atomic E-state index is 13.9. The van der Waals surface area contributed by atoms with Gasteiger partial charge in [0.25, 0.3) is 0 Å². The molecule has 27 heavy (non-hydrogen) atoms. The van der Waals surface area contributed by atoms with Crippen molar-refractivity contribution < 1.29 is 23.5 Å². The molecule has 0 aliphatic carbocycles. The number of piperidine rings is 1. The van der Waals surface area contributed by atoms with E-state index in [4.69, 9.17) is 9.47 Å². The standard InChI is InChI=1S/C20H27FN2O4/c1-20(2,3)27-19(25)23-10-8-13(9-11-23)12-26-16-6-5-15(21)18-14(16)4-7-17(24)22-18/h5-6,13H,4,7-12H2,1-3H3,(H,22,24). The number of amides is 2. The highest BCUT2D eigenvalue weighted by atomic mass is 19.1. The van der Waals surface area contributed by atoms with Crippen LogP contribution in [0.4, 0.5) is 14.9 Å². The molecule has 1 N–H and O–H groups in total. The lowest BCUT2D eigenvalue weighted by Gasteiger charge is -2.33. The molecule has 0 unspecified atom stereocenters. The molecule has 148 valence electrons. The Labute approximate surface area is 159 Å². The maximum Gasteiger partial charge on any atom is 0.410 e. The van der Waals surface area contributed by atoms with Crippen molar-refractivity contribution in [2.75, 3.05) is 25.0 Å². The van der Waals surface area contributed by atoms with Crippen LogP contribution in [-0.4, -0.2) is 42.2 Å². The van der Waals surface area contributed by atoms with Crippen LogP contribution in [0.3, 0.4) is 0 Å². The van der Waals surface area contributed by atoms with Gasteiger partial charge in [0.2, 0.25) is 5.91 Å². The van der Waals surface area contributed by atoms with Crippen LogP contribution >= 0.6 is 0 Å². The van der Waals surface area contributed by atoms with Gasteiger partial charge in [-0.3, -0.25) is 4.79 Å². The van der Waals surface area contributed by atoms with Gasteiger partial charge in [-0.15, -0.1) is 0 Å². The number of carbonyl (C=O) groups is 2. The molecule has 1 fully saturated rings. The van der Waals surface area contributed by atoms with Gasteiger partial charge in [-0.25, -0.2) is 9.18 Å². The second-order valence-electron chi connectivity index (χ2n) is 8.17. The van der Waals surface area contributed by atoms with E-state index in [-0.39, 0.29) is 17.7 Å². The number of ether oxygens (including phenoxy) is 2. The van der Waals surface area contributed by atoms with E-state index in [1.807, 2.05) is 20.8 Å². The van der Waals surface area contributed by atoms with Gasteiger partial charge < -0.3 is 19.7 Å². The Morgan fingerprint density at radius 1 is 1.26 bits per heavy atom. The predicted molar refractivity (Wildman–Crippen MR) is 99.4 cm³/mol. The molecule has 2 amide bonds. The van der Waals surface area contributed by atoms with Gasteiger partial charge in [0.1, 0.15) is 17.2 Å². The Morgan fingerprint density at radius 2 is 1.96 bits per heavy atom. The molecule has 0 spiro atoms. The average Bonchev–Trinajstić information content (AvgIpc) is 2.60. The highest BCUT2D eigenvalue weighted by Crippen LogP contribution is 2.34. The topological polar surface area (TPSA) is 67.9 Å². The Balaban J connectivity index is 1.53. The first-order valence-corrected chi connectivity index (χ1v) is 9.45. The van der Waals surface area contributed by atoms with Crippen LogP contribution in [0.5, 0.6) is 5.75 Å². The Bertz CT molecular complexity index is 721. The number of likely N-dealkylation sites (tertiary alicyclic amines) is 1. The zero-order valence-corrected chi connectivity index (χ0v) is 16.1. The highest BCUT2D eigenvalue weighted by molar-refractivity contribution is 5.94. The number of hydrogen-bond acceptors (Lipinski definition) is 4. The number of anilines is 1. The molecule has 2 aliphatic heterocycles. The Hall–Kier alpha value is -2.31. The minimum absolute atomic E-state index is 0.173. The molecule has 1 aromatic rings. The van der Waals surface area contributed by atoms with Crippen LogP contribution in [0.1, 0.15) is 45.6 Å². The number of nitrogens with one attached hydrogen (secondary N) is 1. The SMILES string of the molecule is CC(C)(C)OC(=O)N1CCC(COc2ccc(F)c3c2CCC(=O)N3)CC1. The lowest BCUT2D eigenvalue weighted by molar-refractivity contribution is -0.116. The molecule has 1 saturated heterocycles. The van der Waals surface area contributed by atoms with Crippen molar-refractivity contribution in [1.82, 2.24) is 4.90 Å². The van der Waals surface area contributed by atoms with E-state index < -0.39 is 11.4 Å². The number of carbonyl (C=O) groups excluding carboxylic acids is 2. The minimum atomic E-state index is -0.492. The Kier molecular flexibility index (Phi) is 5.58. The molecule has 0 bridgehead atoms. The first-order valence-electron chi connectivity index (χ1n) is 9.45. The number of rotatable bonds is 3. The van der Waals surface area contributed by atoms with Gasteiger partial charge in [0, 0.05) is 25.1 Å². The summed E-state index contributed by atoms with van der Waals surface area (Å²) in [7, 11) is 0. The fraction of sp³-hybridized carbons (Fsp3) is 0.600. The fourth-order valence-corrected chi connectivity index (χ4v) is 3.38. The van der Waals surface area contributed by atoms with Gasteiger partial charge >= 0.3 is 6.09 Å². The average molecular weight is 378 g/mol. The van der Waals surface area contributed by atoms with Crippen molar-refractivity contribution in [3.05, 3.63) is 23.5 Å². The van der Waals surface area contributed by atoms with Crippen LogP contribution in [-0.2, 0) is 16.0 Å². The lowest BCUT2D eigenvalue weighted by Crippen LogP contribution is -2.42. The number of halogens is 1. The van der Waals surface area contributed by atoms with Crippen LogP contribution < -0.4 is 10.1 Å². The highest BCUT2D eigenvalue weighted by Gasteiger charge is 2.28. The number of benzene rings is 1. The fourth-order valence-electron chi connectivity index (χ4n) is 3.38. The molecule has 0 radical (unpaired) electrons. The summed E-state index contributed by atoms with van der Waals surface area (Å²) in [6.07, 6.45) is 2.20.